The number of hydrogen-bond donors (Lipinski definition) is 2. The van der Waals surface area contributed by atoms with Gasteiger partial charge in [-0.25, -0.2) is 4.79 Å². The summed E-state index contributed by atoms with van der Waals surface area (Å²) in [5.74, 6) is 4.99. The van der Waals surface area contributed by atoms with Gasteiger partial charge in [0.2, 0.25) is 0 Å². The first-order valence-corrected chi connectivity index (χ1v) is 14.4. The molecule has 0 spiro atoms. The zero-order valence-electron chi connectivity index (χ0n) is 22.6. The minimum atomic E-state index is -0.884. The number of amides is 1. The largest absolute Gasteiger partial charge is 0.465 e. The van der Waals surface area contributed by atoms with E-state index >= 15 is 0 Å². The van der Waals surface area contributed by atoms with Crippen molar-refractivity contribution in [2.45, 2.75) is 111 Å². The summed E-state index contributed by atoms with van der Waals surface area (Å²) in [5.41, 5.74) is 2.28. The minimum absolute atomic E-state index is 0.0249. The van der Waals surface area contributed by atoms with Crippen LogP contribution in [0.15, 0.2) is 11.6 Å². The zero-order valence-corrected chi connectivity index (χ0v) is 22.6. The van der Waals surface area contributed by atoms with Crippen LogP contribution in [0.3, 0.4) is 0 Å². The molecule has 4 aliphatic rings. The van der Waals surface area contributed by atoms with E-state index in [1.54, 1.807) is 0 Å². The molecule has 0 heterocycles. The number of allylic oxidation sites excluding steroid dienone is 1. The summed E-state index contributed by atoms with van der Waals surface area (Å²) in [5, 5.41) is 19.1. The minimum Gasteiger partial charge on any atom is -0.465 e. The Kier molecular flexibility index (Phi) is 7.77. The first-order valence-electron chi connectivity index (χ1n) is 14.4. The first kappa shape index (κ1) is 26.0. The summed E-state index contributed by atoms with van der Waals surface area (Å²) in [6.45, 7) is 12.5. The highest BCUT2D eigenvalue weighted by Gasteiger charge is 2.59. The summed E-state index contributed by atoms with van der Waals surface area (Å²) in [4.78, 5) is 13.3. The van der Waals surface area contributed by atoms with Crippen molar-refractivity contribution in [2.24, 2.45) is 46.3 Å². The average molecular weight is 474 g/mol. The van der Waals surface area contributed by atoms with Crippen molar-refractivity contribution in [3.8, 4) is 0 Å². The van der Waals surface area contributed by atoms with Crippen LogP contribution in [0, 0.1) is 46.3 Å². The molecule has 34 heavy (non-hydrogen) atoms. The predicted molar refractivity (Wildman–Crippen MR) is 139 cm³/mol. The molecule has 3 fully saturated rings. The third-order valence-electron chi connectivity index (χ3n) is 11.3. The zero-order chi connectivity index (χ0) is 24.7. The second-order valence-electron chi connectivity index (χ2n) is 13.4. The average Bonchev–Trinajstić information content (AvgIpc) is 3.14. The maximum absolute atomic E-state index is 11.8. The molecule has 194 valence electrons. The van der Waals surface area contributed by atoms with E-state index in [4.69, 9.17) is 0 Å². The van der Waals surface area contributed by atoms with Crippen molar-refractivity contribution in [3.05, 3.63) is 11.6 Å². The Hall–Kier alpha value is -1.03. The number of carboxylic acid groups (broad SMARTS) is 1. The first-order chi connectivity index (χ1) is 16.1. The fraction of sp³-hybridized carbons (Fsp3) is 0.900. The van der Waals surface area contributed by atoms with E-state index in [0.717, 1.165) is 54.8 Å². The highest BCUT2D eigenvalue weighted by atomic mass is 16.4. The van der Waals surface area contributed by atoms with Gasteiger partial charge in [-0.2, -0.15) is 0 Å². The molecule has 0 radical (unpaired) electrons. The van der Waals surface area contributed by atoms with Gasteiger partial charge in [0, 0.05) is 12.6 Å². The summed E-state index contributed by atoms with van der Waals surface area (Å²) < 4.78 is 0. The van der Waals surface area contributed by atoms with Gasteiger partial charge < -0.3 is 15.1 Å². The highest BCUT2D eigenvalue weighted by Crippen LogP contribution is 2.67. The van der Waals surface area contributed by atoms with Gasteiger partial charge in [0.05, 0.1) is 6.61 Å². The predicted octanol–water partition coefficient (Wildman–Crippen LogP) is 7.37. The van der Waals surface area contributed by atoms with Gasteiger partial charge in [0.1, 0.15) is 0 Å². The van der Waals surface area contributed by atoms with Crippen molar-refractivity contribution in [3.63, 3.8) is 0 Å². The Morgan fingerprint density at radius 3 is 2.53 bits per heavy atom. The van der Waals surface area contributed by atoms with E-state index in [1.807, 2.05) is 0 Å². The summed E-state index contributed by atoms with van der Waals surface area (Å²) in [6, 6.07) is 0.0249. The van der Waals surface area contributed by atoms with Crippen LogP contribution in [0.4, 0.5) is 4.79 Å². The summed E-state index contributed by atoms with van der Waals surface area (Å²) in [6.07, 6.45) is 15.5. The third-order valence-corrected chi connectivity index (χ3v) is 11.3. The van der Waals surface area contributed by atoms with Crippen LogP contribution in [0.25, 0.3) is 0 Å². The molecule has 1 amide bonds. The molecule has 4 rings (SSSR count). The van der Waals surface area contributed by atoms with Crippen LogP contribution in [0.1, 0.15) is 105 Å². The molecule has 0 aromatic heterocycles. The number of aliphatic hydroxyl groups excluding tert-OH is 1. The van der Waals surface area contributed by atoms with Gasteiger partial charge >= 0.3 is 6.09 Å². The number of carbonyl (C=O) groups is 1. The fourth-order valence-corrected chi connectivity index (χ4v) is 9.47. The topological polar surface area (TPSA) is 60.8 Å². The normalized spacial score (nSPS) is 40.2. The molecule has 0 unspecified atom stereocenters. The molecular formula is C30H51NO3. The van der Waals surface area contributed by atoms with Crippen molar-refractivity contribution >= 4 is 6.09 Å². The maximum Gasteiger partial charge on any atom is 0.407 e. The monoisotopic (exact) mass is 473 g/mol. The standard InChI is InChI=1S/C30H51NO3/c1-20(2)7-6-8-21(3)25-11-12-26-24-10-9-22-19-23(31(17-18-32)28(33)34)13-15-29(22,4)27(24)14-16-30(25,26)5/h9,20-21,23-27,32H,6-8,10-19H2,1-5H3,(H,33,34)/t21-,23+,24+,25-,26+,27+,29+,30-/m1/s1. The smallest absolute Gasteiger partial charge is 0.407 e. The molecule has 0 aliphatic heterocycles. The van der Waals surface area contributed by atoms with Crippen LogP contribution in [0.2, 0.25) is 0 Å². The molecule has 4 heteroatoms. The van der Waals surface area contributed by atoms with E-state index < -0.39 is 6.09 Å². The van der Waals surface area contributed by atoms with Gasteiger partial charge in [-0.15, -0.1) is 0 Å². The summed E-state index contributed by atoms with van der Waals surface area (Å²) >= 11 is 0. The number of hydrogen-bond acceptors (Lipinski definition) is 2. The lowest BCUT2D eigenvalue weighted by Crippen LogP contribution is -2.52. The van der Waals surface area contributed by atoms with Gasteiger partial charge in [0.15, 0.2) is 0 Å². The van der Waals surface area contributed by atoms with Crippen molar-refractivity contribution in [1.82, 2.24) is 4.90 Å². The van der Waals surface area contributed by atoms with E-state index in [1.165, 1.54) is 61.8 Å². The van der Waals surface area contributed by atoms with E-state index in [0.29, 0.717) is 5.41 Å². The lowest BCUT2D eigenvalue weighted by molar-refractivity contribution is -0.0543. The second kappa shape index (κ2) is 10.1. The Bertz CT molecular complexity index is 762. The molecule has 0 aromatic carbocycles. The lowest BCUT2D eigenvalue weighted by Gasteiger charge is -2.59. The number of nitrogens with zero attached hydrogens (tertiary/aromatic N) is 1. The SMILES string of the molecule is CC(C)CCC[C@@H](C)[C@H]1CC[C@H]2[C@@H]3CC=C4C[C@@H](N(CCO)C(=O)O)CC[C@]4(C)[C@H]3CC[C@]12C. The van der Waals surface area contributed by atoms with Crippen LogP contribution in [-0.4, -0.2) is 40.4 Å². The van der Waals surface area contributed by atoms with Gasteiger partial charge in [0.25, 0.3) is 0 Å². The molecule has 0 saturated heterocycles. The molecule has 8 atom stereocenters. The highest BCUT2D eigenvalue weighted by molar-refractivity contribution is 5.65. The van der Waals surface area contributed by atoms with Crippen molar-refractivity contribution in [1.29, 1.82) is 0 Å². The third kappa shape index (κ3) is 4.58. The molecule has 4 nitrogen and oxygen atoms in total. The van der Waals surface area contributed by atoms with Crippen molar-refractivity contribution in [2.75, 3.05) is 13.2 Å². The molecule has 0 aromatic rings. The van der Waals surface area contributed by atoms with Gasteiger partial charge in [-0.3, -0.25) is 0 Å². The van der Waals surface area contributed by atoms with E-state index in [9.17, 15) is 15.0 Å². The van der Waals surface area contributed by atoms with Crippen LogP contribution in [0.5, 0.6) is 0 Å². The van der Waals surface area contributed by atoms with Crippen LogP contribution < -0.4 is 0 Å². The van der Waals surface area contributed by atoms with E-state index in [2.05, 4.69) is 40.7 Å². The molecule has 0 bridgehead atoms. The maximum atomic E-state index is 11.8. The number of rotatable bonds is 8. The summed E-state index contributed by atoms with van der Waals surface area (Å²) in [7, 11) is 0. The second-order valence-corrected chi connectivity index (χ2v) is 13.4. The number of aliphatic hydroxyl groups is 1. The number of fused-ring (bicyclic) bond motifs is 5. The van der Waals surface area contributed by atoms with Gasteiger partial charge in [-0.1, -0.05) is 65.5 Å². The Morgan fingerprint density at radius 2 is 1.85 bits per heavy atom. The molecular weight excluding hydrogens is 422 g/mol. The molecule has 2 N–H and O–H groups in total. The van der Waals surface area contributed by atoms with E-state index in [-0.39, 0.29) is 24.6 Å². The van der Waals surface area contributed by atoms with Gasteiger partial charge in [-0.05, 0) is 97.7 Å². The lowest BCUT2D eigenvalue weighted by atomic mass is 9.46. The Morgan fingerprint density at radius 1 is 1.09 bits per heavy atom. The molecule has 3 saturated carbocycles. The Balaban J connectivity index is 1.47. The Labute approximate surface area is 208 Å². The molecule has 4 aliphatic carbocycles. The van der Waals surface area contributed by atoms with Crippen LogP contribution in [-0.2, 0) is 0 Å². The van der Waals surface area contributed by atoms with Crippen molar-refractivity contribution < 1.29 is 15.0 Å². The quantitative estimate of drug-likeness (QED) is 0.362. The van der Waals surface area contributed by atoms with Crippen LogP contribution >= 0.6 is 0 Å². The fourth-order valence-electron chi connectivity index (χ4n) is 9.47.